The predicted molar refractivity (Wildman–Crippen MR) is 160 cm³/mol. The number of fused-ring (bicyclic) bond motifs is 10. The number of imidazole rings is 1. The molecule has 4 aromatic carbocycles. The quantitative estimate of drug-likeness (QED) is 0.201. The normalized spacial score (nSPS) is 12.2. The molecule has 6 heteroatoms. The van der Waals surface area contributed by atoms with E-state index in [2.05, 4.69) is 75.0 Å². The van der Waals surface area contributed by atoms with Gasteiger partial charge in [-0.25, -0.2) is 4.98 Å². The Morgan fingerprint density at radius 3 is 2.05 bits per heavy atom. The third-order valence-corrected chi connectivity index (χ3v) is 10.6. The predicted octanol–water partition coefficient (Wildman–Crippen LogP) is 6.38. The molecule has 0 amide bonds. The van der Waals surface area contributed by atoms with Crippen LogP contribution in [0, 0.1) is 0 Å². The van der Waals surface area contributed by atoms with Crippen molar-refractivity contribution in [1.82, 2.24) is 19.4 Å². The molecule has 0 bridgehead atoms. The monoisotopic (exact) mass is 520 g/mol. The Morgan fingerprint density at radius 1 is 0.590 bits per heavy atom. The molecule has 8 aromatic rings. The first-order valence-electron chi connectivity index (χ1n) is 12.8. The summed E-state index contributed by atoms with van der Waals surface area (Å²) in [5.41, 5.74) is 3.76. The lowest BCUT2D eigenvalue weighted by Gasteiger charge is -2.19. The molecule has 0 unspecified atom stereocenters. The van der Waals surface area contributed by atoms with Crippen molar-refractivity contribution in [3.8, 4) is 0 Å². The Balaban J connectivity index is 1.51. The van der Waals surface area contributed by atoms with Crippen LogP contribution in [0.1, 0.15) is 0 Å². The van der Waals surface area contributed by atoms with Gasteiger partial charge in [0.15, 0.2) is 7.14 Å². The molecule has 0 aliphatic rings. The zero-order valence-corrected chi connectivity index (χ0v) is 21.7. The third-order valence-electron chi connectivity index (χ3n) is 7.61. The third kappa shape index (κ3) is 3.14. The zero-order valence-electron chi connectivity index (χ0n) is 20.8. The molecule has 0 saturated heterocycles. The van der Waals surface area contributed by atoms with Crippen LogP contribution in [0.3, 0.4) is 0 Å². The van der Waals surface area contributed by atoms with Gasteiger partial charge >= 0.3 is 0 Å². The zero-order chi connectivity index (χ0) is 26.0. The molecule has 0 aliphatic heterocycles. The molecular formula is C33H21N4OP. The van der Waals surface area contributed by atoms with Crippen molar-refractivity contribution in [2.24, 2.45) is 0 Å². The molecule has 0 atom stereocenters. The molecule has 0 radical (unpaired) electrons. The summed E-state index contributed by atoms with van der Waals surface area (Å²) >= 11 is 0. The molecule has 184 valence electrons. The molecule has 5 nitrogen and oxygen atoms in total. The Kier molecular flexibility index (Phi) is 4.73. The van der Waals surface area contributed by atoms with Gasteiger partial charge in [-0.05, 0) is 64.7 Å². The minimum Gasteiger partial charge on any atom is -0.309 e. The van der Waals surface area contributed by atoms with Crippen LogP contribution in [0.25, 0.3) is 49.1 Å². The maximum absolute atomic E-state index is 15.0. The first kappa shape index (κ1) is 22.2. The highest BCUT2D eigenvalue weighted by atomic mass is 31.2. The van der Waals surface area contributed by atoms with E-state index in [-0.39, 0.29) is 0 Å². The summed E-state index contributed by atoms with van der Waals surface area (Å²) in [6.45, 7) is 0. The van der Waals surface area contributed by atoms with Crippen LogP contribution in [0.2, 0.25) is 0 Å². The van der Waals surface area contributed by atoms with E-state index in [1.165, 1.54) is 16.2 Å². The van der Waals surface area contributed by atoms with E-state index in [0.29, 0.717) is 15.9 Å². The van der Waals surface area contributed by atoms with E-state index >= 15 is 0 Å². The fourth-order valence-corrected chi connectivity index (χ4v) is 8.37. The standard InChI is InChI=1S/C33H21N4OP/c38-39(24-8-5-17-34-20-24,25-9-6-18-35-21-25)23-14-16-31-29(19-23)36-33-32-26-10-2-1-7-22(26)13-15-28(32)27-11-3-4-12-30(27)37(31)33/h1-21H. The highest BCUT2D eigenvalue weighted by Gasteiger charge is 2.31. The average Bonchev–Trinajstić information content (AvgIpc) is 3.40. The van der Waals surface area contributed by atoms with Gasteiger partial charge < -0.3 is 4.57 Å². The van der Waals surface area contributed by atoms with E-state index in [1.807, 2.05) is 42.5 Å². The van der Waals surface area contributed by atoms with Crippen molar-refractivity contribution in [3.05, 3.63) is 128 Å². The highest BCUT2D eigenvalue weighted by molar-refractivity contribution is 7.85. The van der Waals surface area contributed by atoms with Gasteiger partial charge in [0, 0.05) is 51.5 Å². The molecule has 0 spiro atoms. The van der Waals surface area contributed by atoms with E-state index < -0.39 is 7.14 Å². The fourth-order valence-electron chi connectivity index (χ4n) is 5.84. The largest absolute Gasteiger partial charge is 0.309 e. The topological polar surface area (TPSA) is 60.2 Å². The molecule has 0 aliphatic carbocycles. The van der Waals surface area contributed by atoms with Crippen molar-refractivity contribution in [2.45, 2.75) is 0 Å². The van der Waals surface area contributed by atoms with Crippen molar-refractivity contribution in [3.63, 3.8) is 0 Å². The van der Waals surface area contributed by atoms with Gasteiger partial charge in [0.25, 0.3) is 0 Å². The lowest BCUT2D eigenvalue weighted by Crippen LogP contribution is -2.25. The second kappa shape index (κ2) is 8.32. The van der Waals surface area contributed by atoms with Crippen molar-refractivity contribution >= 4 is 72.2 Å². The second-order valence-corrected chi connectivity index (χ2v) is 12.5. The van der Waals surface area contributed by atoms with Gasteiger partial charge in [-0.15, -0.1) is 0 Å². The van der Waals surface area contributed by atoms with Crippen LogP contribution in [0.5, 0.6) is 0 Å². The number of hydrogen-bond acceptors (Lipinski definition) is 4. The van der Waals surface area contributed by atoms with Gasteiger partial charge in [0.2, 0.25) is 0 Å². The number of pyridine rings is 3. The van der Waals surface area contributed by atoms with Gasteiger partial charge in [-0.1, -0.05) is 54.6 Å². The van der Waals surface area contributed by atoms with Crippen LogP contribution in [-0.4, -0.2) is 19.4 Å². The number of rotatable bonds is 3. The molecule has 0 N–H and O–H groups in total. The molecule has 4 heterocycles. The van der Waals surface area contributed by atoms with E-state index in [9.17, 15) is 4.57 Å². The highest BCUT2D eigenvalue weighted by Crippen LogP contribution is 2.43. The van der Waals surface area contributed by atoms with Crippen LogP contribution in [0.4, 0.5) is 0 Å². The van der Waals surface area contributed by atoms with Crippen molar-refractivity contribution in [2.75, 3.05) is 0 Å². The van der Waals surface area contributed by atoms with Gasteiger partial charge in [0.05, 0.1) is 16.6 Å². The molecule has 4 aromatic heterocycles. The van der Waals surface area contributed by atoms with Gasteiger partial charge in [0.1, 0.15) is 5.65 Å². The Bertz CT molecular complexity index is 2220. The van der Waals surface area contributed by atoms with E-state index in [0.717, 1.165) is 33.0 Å². The lowest BCUT2D eigenvalue weighted by molar-refractivity contribution is 0.592. The number of nitrogens with zero attached hydrogens (tertiary/aromatic N) is 4. The maximum atomic E-state index is 15.0. The number of hydrogen-bond donors (Lipinski definition) is 0. The van der Waals surface area contributed by atoms with Crippen molar-refractivity contribution in [1.29, 1.82) is 0 Å². The smallest absolute Gasteiger partial charge is 0.174 e. The minimum absolute atomic E-state index is 0.669. The molecule has 39 heavy (non-hydrogen) atoms. The summed E-state index contributed by atoms with van der Waals surface area (Å²) in [5, 5.41) is 7.84. The van der Waals surface area contributed by atoms with E-state index in [4.69, 9.17) is 4.98 Å². The van der Waals surface area contributed by atoms with Gasteiger partial charge in [-0.2, -0.15) is 0 Å². The summed E-state index contributed by atoms with van der Waals surface area (Å²) in [6, 6.07) is 34.7. The average molecular weight is 521 g/mol. The Morgan fingerprint density at radius 2 is 1.31 bits per heavy atom. The Hall–Kier alpha value is -4.86. The number of aromatic nitrogens is 4. The van der Waals surface area contributed by atoms with Crippen LogP contribution < -0.4 is 15.9 Å². The Labute approximate surface area is 223 Å². The number of benzene rings is 4. The summed E-state index contributed by atoms with van der Waals surface area (Å²) in [4.78, 5) is 13.8. The second-order valence-electron chi connectivity index (χ2n) is 9.70. The van der Waals surface area contributed by atoms with Crippen LogP contribution in [0.15, 0.2) is 128 Å². The molecular weight excluding hydrogens is 499 g/mol. The summed E-state index contributed by atoms with van der Waals surface area (Å²) in [7, 11) is -3.23. The summed E-state index contributed by atoms with van der Waals surface area (Å²) in [6.07, 6.45) is 6.77. The van der Waals surface area contributed by atoms with Crippen LogP contribution >= 0.6 is 7.14 Å². The maximum Gasteiger partial charge on any atom is 0.174 e. The summed E-state index contributed by atoms with van der Waals surface area (Å²) < 4.78 is 17.2. The van der Waals surface area contributed by atoms with Crippen molar-refractivity contribution < 1.29 is 4.57 Å². The number of para-hydroxylation sites is 1. The summed E-state index contributed by atoms with van der Waals surface area (Å²) in [5.74, 6) is 0. The lowest BCUT2D eigenvalue weighted by atomic mass is 10.00. The molecule has 8 rings (SSSR count). The first-order chi connectivity index (χ1) is 19.2. The van der Waals surface area contributed by atoms with Crippen LogP contribution in [-0.2, 0) is 4.57 Å². The van der Waals surface area contributed by atoms with E-state index in [1.54, 1.807) is 24.8 Å². The fraction of sp³-hybridized carbons (Fsp3) is 0. The first-order valence-corrected chi connectivity index (χ1v) is 14.5. The molecule has 0 saturated carbocycles. The minimum atomic E-state index is -3.23. The SMILES string of the molecule is O=P(c1cccnc1)(c1cccnc1)c1ccc2c(c1)nc1c3c4ccccc4ccc3c3ccccc3n21. The molecule has 0 fully saturated rings. The van der Waals surface area contributed by atoms with Gasteiger partial charge in [-0.3, -0.25) is 14.4 Å².